The summed E-state index contributed by atoms with van der Waals surface area (Å²) in [7, 11) is 0. The summed E-state index contributed by atoms with van der Waals surface area (Å²) < 4.78 is 9.85. The van der Waals surface area contributed by atoms with E-state index in [1.165, 1.54) is 18.7 Å². The standard InChI is InChI=1S/C14H17N3O4S/c1-8(16)11(4-15)13(18)5-20-14(19)7-22-6-12-9(2)17-21-10(12)3/h5-7,16H2,1-3H3. The molecule has 0 aromatic carbocycles. The minimum atomic E-state index is -0.605. The Balaban J connectivity index is 2.38. The quantitative estimate of drug-likeness (QED) is 0.454. The smallest absolute Gasteiger partial charge is 0.316 e. The topological polar surface area (TPSA) is 119 Å². The summed E-state index contributed by atoms with van der Waals surface area (Å²) in [6.45, 7) is 4.59. The van der Waals surface area contributed by atoms with Crippen molar-refractivity contribution in [1.29, 1.82) is 5.26 Å². The molecule has 0 aliphatic heterocycles. The molecule has 0 bridgehead atoms. The summed E-state index contributed by atoms with van der Waals surface area (Å²) in [5, 5.41) is 12.6. The molecule has 1 aromatic rings. The van der Waals surface area contributed by atoms with Crippen molar-refractivity contribution in [3.8, 4) is 6.07 Å². The SMILES string of the molecule is CC(N)=C(C#N)C(=O)COC(=O)CSCc1c(C)noc1C. The van der Waals surface area contributed by atoms with E-state index >= 15 is 0 Å². The first kappa shape index (κ1) is 17.8. The fraction of sp³-hybridized carbons (Fsp3) is 0.429. The van der Waals surface area contributed by atoms with Crippen LogP contribution in [-0.2, 0) is 20.1 Å². The van der Waals surface area contributed by atoms with Gasteiger partial charge in [-0.3, -0.25) is 9.59 Å². The van der Waals surface area contributed by atoms with Gasteiger partial charge in [0.25, 0.3) is 0 Å². The van der Waals surface area contributed by atoms with E-state index in [0.717, 1.165) is 17.0 Å². The van der Waals surface area contributed by atoms with Crippen LogP contribution in [0.4, 0.5) is 0 Å². The first-order chi connectivity index (χ1) is 10.4. The molecular weight excluding hydrogens is 306 g/mol. The third-order valence-corrected chi connectivity index (χ3v) is 3.73. The van der Waals surface area contributed by atoms with Crippen LogP contribution in [-0.4, -0.2) is 29.3 Å². The van der Waals surface area contributed by atoms with Gasteiger partial charge in [0, 0.05) is 17.0 Å². The van der Waals surface area contributed by atoms with Crippen molar-refractivity contribution in [2.75, 3.05) is 12.4 Å². The van der Waals surface area contributed by atoms with Crippen LogP contribution in [0, 0.1) is 25.2 Å². The maximum atomic E-state index is 11.6. The van der Waals surface area contributed by atoms with Crippen LogP contribution in [0.1, 0.15) is 23.9 Å². The van der Waals surface area contributed by atoms with Crippen LogP contribution in [0.3, 0.4) is 0 Å². The van der Waals surface area contributed by atoms with Crippen molar-refractivity contribution in [2.45, 2.75) is 26.5 Å². The lowest BCUT2D eigenvalue weighted by Crippen LogP contribution is -2.18. The van der Waals surface area contributed by atoms with E-state index in [-0.39, 0.29) is 17.0 Å². The largest absolute Gasteiger partial charge is 0.457 e. The van der Waals surface area contributed by atoms with E-state index in [2.05, 4.69) is 5.16 Å². The van der Waals surface area contributed by atoms with Crippen LogP contribution in [0.5, 0.6) is 0 Å². The number of ether oxygens (including phenoxy) is 1. The number of carbonyl (C=O) groups excluding carboxylic acids is 2. The van der Waals surface area contributed by atoms with Crippen LogP contribution in [0.25, 0.3) is 0 Å². The van der Waals surface area contributed by atoms with Gasteiger partial charge in [-0.15, -0.1) is 11.8 Å². The number of Topliss-reactive ketones (excluding diaryl/α,β-unsaturated/α-hetero) is 1. The monoisotopic (exact) mass is 323 g/mol. The Morgan fingerprint density at radius 2 is 2.14 bits per heavy atom. The van der Waals surface area contributed by atoms with E-state index in [0.29, 0.717) is 5.75 Å². The number of aromatic nitrogens is 1. The molecule has 118 valence electrons. The van der Waals surface area contributed by atoms with Gasteiger partial charge in [0.2, 0.25) is 5.78 Å². The Labute approximate surface area is 132 Å². The van der Waals surface area contributed by atoms with Gasteiger partial charge in [0.1, 0.15) is 17.4 Å². The summed E-state index contributed by atoms with van der Waals surface area (Å²) >= 11 is 1.33. The normalized spacial score (nSPS) is 11.5. The third kappa shape index (κ3) is 4.93. The number of carbonyl (C=O) groups is 2. The average molecular weight is 323 g/mol. The first-order valence-corrected chi connectivity index (χ1v) is 7.57. The Bertz CT molecular complexity index is 620. The fourth-order valence-corrected chi connectivity index (χ4v) is 2.54. The number of nitrogens with two attached hydrogens (primary N) is 1. The second-order valence-corrected chi connectivity index (χ2v) is 5.53. The van der Waals surface area contributed by atoms with Gasteiger partial charge in [-0.2, -0.15) is 5.26 Å². The first-order valence-electron chi connectivity index (χ1n) is 6.41. The summed E-state index contributed by atoms with van der Waals surface area (Å²) in [4.78, 5) is 23.2. The maximum Gasteiger partial charge on any atom is 0.316 e. The highest BCUT2D eigenvalue weighted by atomic mass is 32.2. The lowest BCUT2D eigenvalue weighted by atomic mass is 10.1. The molecule has 0 radical (unpaired) electrons. The zero-order chi connectivity index (χ0) is 16.7. The molecule has 1 heterocycles. The van der Waals surface area contributed by atoms with Gasteiger partial charge >= 0.3 is 5.97 Å². The Kier molecular flexibility index (Phi) is 6.66. The van der Waals surface area contributed by atoms with Crippen molar-refractivity contribution >= 4 is 23.5 Å². The van der Waals surface area contributed by atoms with Crippen molar-refractivity contribution < 1.29 is 18.8 Å². The highest BCUT2D eigenvalue weighted by Crippen LogP contribution is 2.19. The minimum Gasteiger partial charge on any atom is -0.457 e. The number of allylic oxidation sites excluding steroid dienone is 1. The number of rotatable bonds is 7. The predicted octanol–water partition coefficient (Wildman–Crippen LogP) is 1.39. The van der Waals surface area contributed by atoms with Crippen LogP contribution in [0.2, 0.25) is 0 Å². The predicted molar refractivity (Wildman–Crippen MR) is 80.6 cm³/mol. The molecular formula is C14H17N3O4S. The summed E-state index contributed by atoms with van der Waals surface area (Å²) in [6.07, 6.45) is 0. The second kappa shape index (κ2) is 8.24. The third-order valence-electron chi connectivity index (χ3n) is 2.80. The molecule has 2 N–H and O–H groups in total. The van der Waals surface area contributed by atoms with Crippen LogP contribution in [0.15, 0.2) is 15.8 Å². The van der Waals surface area contributed by atoms with E-state index in [1.807, 2.05) is 6.92 Å². The average Bonchev–Trinajstić information content (AvgIpc) is 2.77. The number of aryl methyl sites for hydroxylation is 2. The van der Waals surface area contributed by atoms with Gasteiger partial charge in [-0.25, -0.2) is 0 Å². The van der Waals surface area contributed by atoms with Crippen molar-refractivity contribution in [1.82, 2.24) is 5.16 Å². The lowest BCUT2D eigenvalue weighted by molar-refractivity contribution is -0.144. The highest BCUT2D eigenvalue weighted by Gasteiger charge is 2.15. The van der Waals surface area contributed by atoms with Gasteiger partial charge in [-0.1, -0.05) is 5.16 Å². The number of nitriles is 1. The molecule has 0 fully saturated rings. The lowest BCUT2D eigenvalue weighted by Gasteiger charge is -2.04. The van der Waals surface area contributed by atoms with E-state index in [1.54, 1.807) is 13.0 Å². The molecule has 7 nitrogen and oxygen atoms in total. The molecule has 0 amide bonds. The molecule has 0 aliphatic rings. The number of thioether (sulfide) groups is 1. The summed E-state index contributed by atoms with van der Waals surface area (Å²) in [6, 6.07) is 1.69. The molecule has 0 aliphatic carbocycles. The van der Waals surface area contributed by atoms with E-state index in [9.17, 15) is 9.59 Å². The Hall–Kier alpha value is -2.27. The Morgan fingerprint density at radius 3 is 2.64 bits per heavy atom. The van der Waals surface area contributed by atoms with Crippen LogP contribution >= 0.6 is 11.8 Å². The van der Waals surface area contributed by atoms with Gasteiger partial charge < -0.3 is 15.0 Å². The number of ketones is 1. The van der Waals surface area contributed by atoms with Crippen molar-refractivity contribution in [3.05, 3.63) is 28.3 Å². The van der Waals surface area contributed by atoms with Crippen LogP contribution < -0.4 is 5.73 Å². The number of hydrogen-bond donors (Lipinski definition) is 1. The number of hydrogen-bond acceptors (Lipinski definition) is 8. The second-order valence-electron chi connectivity index (χ2n) is 4.55. The molecule has 0 unspecified atom stereocenters. The van der Waals surface area contributed by atoms with E-state index < -0.39 is 18.4 Å². The zero-order valence-corrected chi connectivity index (χ0v) is 13.5. The van der Waals surface area contributed by atoms with Gasteiger partial charge in [-0.05, 0) is 20.8 Å². The minimum absolute atomic E-state index is 0.0878. The molecule has 0 saturated heterocycles. The van der Waals surface area contributed by atoms with Crippen molar-refractivity contribution in [2.24, 2.45) is 5.73 Å². The molecule has 0 saturated carbocycles. The number of esters is 1. The van der Waals surface area contributed by atoms with Gasteiger partial charge in [0.15, 0.2) is 6.61 Å². The summed E-state index contributed by atoms with van der Waals surface area (Å²) in [5.74, 6) is 0.236. The fourth-order valence-electron chi connectivity index (χ4n) is 1.57. The molecule has 1 rings (SSSR count). The molecule has 22 heavy (non-hydrogen) atoms. The maximum absolute atomic E-state index is 11.6. The molecule has 0 atom stereocenters. The summed E-state index contributed by atoms with van der Waals surface area (Å²) in [5.41, 5.74) is 7.05. The van der Waals surface area contributed by atoms with E-state index in [4.69, 9.17) is 20.3 Å². The molecule has 1 aromatic heterocycles. The highest BCUT2D eigenvalue weighted by molar-refractivity contribution is 7.99. The Morgan fingerprint density at radius 1 is 1.45 bits per heavy atom. The molecule has 8 heteroatoms. The number of nitrogens with zero attached hydrogens (tertiary/aromatic N) is 2. The molecule has 0 spiro atoms. The zero-order valence-electron chi connectivity index (χ0n) is 12.6. The van der Waals surface area contributed by atoms with Crippen molar-refractivity contribution in [3.63, 3.8) is 0 Å². The van der Waals surface area contributed by atoms with Gasteiger partial charge in [0.05, 0.1) is 11.4 Å².